The average molecular weight is 435 g/mol. The second kappa shape index (κ2) is 11.8. The van der Waals surface area contributed by atoms with Gasteiger partial charge >= 0.3 is 0 Å². The third kappa shape index (κ3) is 7.03. The molecule has 0 fully saturated rings. The number of thiophene rings is 1. The van der Waals surface area contributed by atoms with Crippen LogP contribution in [-0.4, -0.2) is 16.9 Å². The van der Waals surface area contributed by atoms with Gasteiger partial charge in [-0.05, 0) is 86.2 Å². The summed E-state index contributed by atoms with van der Waals surface area (Å²) in [5.74, 6) is -0.0120. The Morgan fingerprint density at radius 3 is 2.84 bits per heavy atom. The fourth-order valence-electron chi connectivity index (χ4n) is 3.89. The Morgan fingerprint density at radius 1 is 1.19 bits per heavy atom. The van der Waals surface area contributed by atoms with Crippen molar-refractivity contribution in [1.29, 1.82) is 0 Å². The summed E-state index contributed by atoms with van der Waals surface area (Å²) in [6.45, 7) is 6.44. The lowest BCUT2D eigenvalue weighted by Gasteiger charge is -2.12. The summed E-state index contributed by atoms with van der Waals surface area (Å²) in [5.41, 5.74) is 3.92. The predicted octanol–water partition coefficient (Wildman–Crippen LogP) is 6.88. The summed E-state index contributed by atoms with van der Waals surface area (Å²) in [6.07, 6.45) is 15.1. The van der Waals surface area contributed by atoms with Gasteiger partial charge in [-0.15, -0.1) is 11.3 Å². The number of aryl methyl sites for hydroxylation is 3. The first-order chi connectivity index (χ1) is 15.1. The molecule has 1 unspecified atom stereocenters. The zero-order chi connectivity index (χ0) is 22.1. The minimum Gasteiger partial charge on any atom is -0.350 e. The van der Waals surface area contributed by atoms with Gasteiger partial charge in [0.1, 0.15) is 0 Å². The highest BCUT2D eigenvalue weighted by atomic mass is 32.1. The van der Waals surface area contributed by atoms with Crippen molar-refractivity contribution in [3.8, 4) is 0 Å². The molecule has 31 heavy (non-hydrogen) atoms. The molecule has 0 bridgehead atoms. The SMILES string of the molecule is CCCCCc1c(/C=C/C(=O)NC(C)CCCc2cccnc2)sc2cc(C)ccc12. The van der Waals surface area contributed by atoms with Crippen molar-refractivity contribution in [2.75, 3.05) is 0 Å². The molecule has 1 amide bonds. The van der Waals surface area contributed by atoms with Crippen molar-refractivity contribution in [3.63, 3.8) is 0 Å². The Balaban J connectivity index is 1.59. The van der Waals surface area contributed by atoms with E-state index in [0.29, 0.717) is 0 Å². The predicted molar refractivity (Wildman–Crippen MR) is 134 cm³/mol. The molecule has 2 aromatic heterocycles. The van der Waals surface area contributed by atoms with Crippen LogP contribution >= 0.6 is 11.3 Å². The smallest absolute Gasteiger partial charge is 0.244 e. The van der Waals surface area contributed by atoms with Crippen molar-refractivity contribution in [3.05, 3.63) is 70.4 Å². The van der Waals surface area contributed by atoms with Gasteiger partial charge in [0.2, 0.25) is 5.91 Å². The summed E-state index contributed by atoms with van der Waals surface area (Å²) >= 11 is 1.80. The van der Waals surface area contributed by atoms with Gasteiger partial charge in [-0.2, -0.15) is 0 Å². The lowest BCUT2D eigenvalue weighted by molar-refractivity contribution is -0.117. The highest BCUT2D eigenvalue weighted by Gasteiger charge is 2.11. The highest BCUT2D eigenvalue weighted by Crippen LogP contribution is 2.34. The Hall–Kier alpha value is -2.46. The van der Waals surface area contributed by atoms with Gasteiger partial charge in [-0.3, -0.25) is 9.78 Å². The van der Waals surface area contributed by atoms with Gasteiger partial charge in [0.15, 0.2) is 0 Å². The first-order valence-corrected chi connectivity index (χ1v) is 12.3. The van der Waals surface area contributed by atoms with Crippen LogP contribution in [0.5, 0.6) is 0 Å². The van der Waals surface area contributed by atoms with Gasteiger partial charge in [-0.1, -0.05) is 38.0 Å². The second-order valence-corrected chi connectivity index (χ2v) is 9.48. The summed E-state index contributed by atoms with van der Waals surface area (Å²) in [6, 6.07) is 10.9. The zero-order valence-electron chi connectivity index (χ0n) is 19.0. The third-order valence-electron chi connectivity index (χ3n) is 5.61. The van der Waals surface area contributed by atoms with Crippen LogP contribution in [0, 0.1) is 6.92 Å². The molecule has 1 N–H and O–H groups in total. The number of fused-ring (bicyclic) bond motifs is 1. The maximum atomic E-state index is 12.5. The summed E-state index contributed by atoms with van der Waals surface area (Å²) in [4.78, 5) is 17.9. The molecule has 0 saturated carbocycles. The van der Waals surface area contributed by atoms with Gasteiger partial charge < -0.3 is 5.32 Å². The van der Waals surface area contributed by atoms with Crippen molar-refractivity contribution in [2.24, 2.45) is 0 Å². The number of hydrogen-bond donors (Lipinski definition) is 1. The molecule has 0 aliphatic rings. The van der Waals surface area contributed by atoms with E-state index in [1.807, 2.05) is 18.3 Å². The number of amides is 1. The minimum absolute atomic E-state index is 0.0120. The largest absolute Gasteiger partial charge is 0.350 e. The molecule has 0 aliphatic heterocycles. The van der Waals surface area contributed by atoms with Crippen molar-refractivity contribution in [1.82, 2.24) is 10.3 Å². The fourth-order valence-corrected chi connectivity index (χ4v) is 5.15. The standard InChI is InChI=1S/C27H34N2OS/c1-4-5-6-12-23-24-14-13-20(2)18-26(24)31-25(23)15-16-27(30)29-21(3)9-7-10-22-11-8-17-28-19-22/h8,11,13-19,21H,4-7,9-10,12H2,1-3H3,(H,29,30)/b16-15+. The van der Waals surface area contributed by atoms with E-state index in [-0.39, 0.29) is 11.9 Å². The number of pyridine rings is 1. The number of nitrogens with zero attached hydrogens (tertiary/aromatic N) is 1. The second-order valence-electron chi connectivity index (χ2n) is 8.40. The number of nitrogens with one attached hydrogen (secondary N) is 1. The van der Waals surface area contributed by atoms with E-state index in [4.69, 9.17) is 0 Å². The first kappa shape index (κ1) is 23.2. The maximum Gasteiger partial charge on any atom is 0.244 e. The highest BCUT2D eigenvalue weighted by molar-refractivity contribution is 7.20. The maximum absolute atomic E-state index is 12.5. The first-order valence-electron chi connectivity index (χ1n) is 11.5. The molecule has 4 heteroatoms. The number of unbranched alkanes of at least 4 members (excludes halogenated alkanes) is 2. The van der Waals surface area contributed by atoms with Crippen LogP contribution in [0.4, 0.5) is 0 Å². The quantitative estimate of drug-likeness (QED) is 0.264. The van der Waals surface area contributed by atoms with Crippen LogP contribution in [0.3, 0.4) is 0 Å². The summed E-state index contributed by atoms with van der Waals surface area (Å²) < 4.78 is 1.32. The van der Waals surface area contributed by atoms with Gasteiger partial charge in [0, 0.05) is 34.1 Å². The third-order valence-corrected chi connectivity index (χ3v) is 6.77. The topological polar surface area (TPSA) is 42.0 Å². The fraction of sp³-hybridized carbons (Fsp3) is 0.407. The van der Waals surface area contributed by atoms with Crippen LogP contribution in [0.25, 0.3) is 16.2 Å². The van der Waals surface area contributed by atoms with Crippen molar-refractivity contribution in [2.45, 2.75) is 71.8 Å². The van der Waals surface area contributed by atoms with E-state index < -0.39 is 0 Å². The molecule has 1 atom stereocenters. The van der Waals surface area contributed by atoms with Crippen molar-refractivity contribution < 1.29 is 4.79 Å². The molecule has 0 radical (unpaired) electrons. The number of aromatic nitrogens is 1. The summed E-state index contributed by atoms with van der Waals surface area (Å²) in [7, 11) is 0. The molecule has 3 rings (SSSR count). The van der Waals surface area contributed by atoms with Crippen LogP contribution < -0.4 is 5.32 Å². The molecular formula is C27H34N2OS. The average Bonchev–Trinajstić information content (AvgIpc) is 3.09. The Kier molecular flexibility index (Phi) is 8.84. The summed E-state index contributed by atoms with van der Waals surface area (Å²) in [5, 5.41) is 4.46. The Labute approximate surface area is 190 Å². The normalized spacial score (nSPS) is 12.5. The van der Waals surface area contributed by atoms with E-state index in [9.17, 15) is 4.79 Å². The molecule has 0 saturated heterocycles. The molecular weight excluding hydrogens is 400 g/mol. The van der Waals surface area contributed by atoms with Gasteiger partial charge in [0.25, 0.3) is 0 Å². The van der Waals surface area contributed by atoms with Crippen molar-refractivity contribution >= 4 is 33.4 Å². The number of hydrogen-bond acceptors (Lipinski definition) is 3. The van der Waals surface area contributed by atoms with Gasteiger partial charge in [0.05, 0.1) is 0 Å². The number of benzene rings is 1. The molecule has 164 valence electrons. The van der Waals surface area contributed by atoms with Crippen LogP contribution in [0.1, 0.15) is 67.5 Å². The number of carbonyl (C=O) groups excluding carboxylic acids is 1. The van der Waals surface area contributed by atoms with Crippen LogP contribution in [-0.2, 0) is 17.6 Å². The monoisotopic (exact) mass is 434 g/mol. The van der Waals surface area contributed by atoms with Crippen LogP contribution in [0.15, 0.2) is 48.8 Å². The molecule has 2 heterocycles. The van der Waals surface area contributed by atoms with E-state index in [2.05, 4.69) is 55.3 Å². The van der Waals surface area contributed by atoms with Gasteiger partial charge in [-0.25, -0.2) is 0 Å². The number of rotatable bonds is 11. The minimum atomic E-state index is -0.0120. The Morgan fingerprint density at radius 2 is 2.06 bits per heavy atom. The van der Waals surface area contributed by atoms with E-state index in [1.165, 1.54) is 50.9 Å². The molecule has 0 spiro atoms. The van der Waals surface area contributed by atoms with Crippen LogP contribution in [0.2, 0.25) is 0 Å². The Bertz CT molecular complexity index is 1010. The lowest BCUT2D eigenvalue weighted by atomic mass is 10.0. The molecule has 3 aromatic rings. The lowest BCUT2D eigenvalue weighted by Crippen LogP contribution is -2.31. The molecule has 3 nitrogen and oxygen atoms in total. The van der Waals surface area contributed by atoms with E-state index in [0.717, 1.165) is 25.7 Å². The van der Waals surface area contributed by atoms with E-state index >= 15 is 0 Å². The zero-order valence-corrected chi connectivity index (χ0v) is 19.8. The van der Waals surface area contributed by atoms with E-state index in [1.54, 1.807) is 23.6 Å². The number of carbonyl (C=O) groups is 1. The molecule has 0 aliphatic carbocycles. The molecule has 1 aromatic carbocycles.